The summed E-state index contributed by atoms with van der Waals surface area (Å²) in [7, 11) is 4.96. The molecule has 0 aromatic heterocycles. The maximum absolute atomic E-state index is 5.52. The van der Waals surface area contributed by atoms with Gasteiger partial charge in [0.1, 0.15) is 17.2 Å². The molecule has 0 bridgehead atoms. The van der Waals surface area contributed by atoms with Gasteiger partial charge in [-0.15, -0.1) is 0 Å². The molecule has 1 aliphatic carbocycles. The molecule has 0 amide bonds. The molecule has 0 atom stereocenters. The molecule has 6 nitrogen and oxygen atoms in total. The van der Waals surface area contributed by atoms with Crippen molar-refractivity contribution >= 4 is 5.96 Å². The highest BCUT2D eigenvalue weighted by Crippen LogP contribution is 2.34. The van der Waals surface area contributed by atoms with E-state index in [0.717, 1.165) is 41.7 Å². The van der Waals surface area contributed by atoms with Gasteiger partial charge in [-0.1, -0.05) is 19.3 Å². The molecular formula is C20H33N3O3. The molecular weight excluding hydrogens is 330 g/mol. The topological polar surface area (TPSA) is 64.1 Å². The number of ether oxygens (including phenoxy) is 3. The van der Waals surface area contributed by atoms with Gasteiger partial charge in [0.25, 0.3) is 0 Å². The Labute approximate surface area is 157 Å². The number of methoxy groups -OCH3 is 3. The standard InChI is InChI=1S/C20H33N3O3/c1-5-21-20(23-15-9-7-6-8-10-15)22-12-11-17-18(25-3)13-16(24-2)14-19(17)26-4/h13-15H,5-12H2,1-4H3,(H2,21,22,23). The van der Waals surface area contributed by atoms with Crippen LogP contribution < -0.4 is 24.8 Å². The fourth-order valence-corrected chi connectivity index (χ4v) is 3.36. The Morgan fingerprint density at radius 2 is 1.69 bits per heavy atom. The lowest BCUT2D eigenvalue weighted by Crippen LogP contribution is -2.44. The van der Waals surface area contributed by atoms with Crippen LogP contribution >= 0.6 is 0 Å². The van der Waals surface area contributed by atoms with Gasteiger partial charge in [0, 0.05) is 36.8 Å². The van der Waals surface area contributed by atoms with Crippen molar-refractivity contribution in [3.05, 3.63) is 17.7 Å². The molecule has 1 aromatic carbocycles. The van der Waals surface area contributed by atoms with Gasteiger partial charge in [0.2, 0.25) is 0 Å². The van der Waals surface area contributed by atoms with E-state index in [-0.39, 0.29) is 0 Å². The highest BCUT2D eigenvalue weighted by Gasteiger charge is 2.15. The Kier molecular flexibility index (Phi) is 8.38. The van der Waals surface area contributed by atoms with Crippen molar-refractivity contribution in [1.29, 1.82) is 0 Å². The number of benzene rings is 1. The SMILES string of the molecule is CCNC(=NCCc1c(OC)cc(OC)cc1OC)NC1CCCCC1. The number of hydrogen-bond donors (Lipinski definition) is 2. The van der Waals surface area contributed by atoms with Crippen LogP contribution in [0.1, 0.15) is 44.6 Å². The van der Waals surface area contributed by atoms with Crippen molar-refractivity contribution in [2.45, 2.75) is 51.5 Å². The predicted molar refractivity (Wildman–Crippen MR) is 106 cm³/mol. The van der Waals surface area contributed by atoms with Gasteiger partial charge in [-0.2, -0.15) is 0 Å². The summed E-state index contributed by atoms with van der Waals surface area (Å²) in [6.07, 6.45) is 7.14. The molecule has 0 unspecified atom stereocenters. The number of guanidine groups is 1. The summed E-state index contributed by atoms with van der Waals surface area (Å²) < 4.78 is 16.3. The molecule has 146 valence electrons. The van der Waals surface area contributed by atoms with Crippen LogP contribution in [0.3, 0.4) is 0 Å². The van der Waals surface area contributed by atoms with Crippen LogP contribution in [0.2, 0.25) is 0 Å². The minimum absolute atomic E-state index is 0.534. The first-order valence-electron chi connectivity index (χ1n) is 9.55. The summed E-state index contributed by atoms with van der Waals surface area (Å²) >= 11 is 0. The number of nitrogens with zero attached hydrogens (tertiary/aromatic N) is 1. The molecule has 6 heteroatoms. The predicted octanol–water partition coefficient (Wildman–Crippen LogP) is 3.14. The maximum atomic E-state index is 5.52. The molecule has 1 aromatic rings. The van der Waals surface area contributed by atoms with E-state index in [0.29, 0.717) is 12.6 Å². The van der Waals surface area contributed by atoms with Crippen LogP contribution in [0.4, 0.5) is 0 Å². The Morgan fingerprint density at radius 1 is 1.04 bits per heavy atom. The Balaban J connectivity index is 2.05. The zero-order chi connectivity index (χ0) is 18.8. The highest BCUT2D eigenvalue weighted by atomic mass is 16.5. The van der Waals surface area contributed by atoms with Gasteiger partial charge in [-0.3, -0.25) is 4.99 Å². The Hall–Kier alpha value is -2.11. The van der Waals surface area contributed by atoms with Crippen molar-refractivity contribution in [3.63, 3.8) is 0 Å². The quantitative estimate of drug-likeness (QED) is 0.549. The molecule has 0 spiro atoms. The summed E-state index contributed by atoms with van der Waals surface area (Å²) in [5, 5.41) is 6.92. The van der Waals surface area contributed by atoms with E-state index in [1.165, 1.54) is 32.1 Å². The van der Waals surface area contributed by atoms with Crippen LogP contribution in [-0.4, -0.2) is 46.4 Å². The molecule has 1 saturated carbocycles. The average Bonchev–Trinajstić information content (AvgIpc) is 2.68. The van der Waals surface area contributed by atoms with Crippen molar-refractivity contribution in [3.8, 4) is 17.2 Å². The molecule has 2 N–H and O–H groups in total. The largest absolute Gasteiger partial charge is 0.496 e. The van der Waals surface area contributed by atoms with E-state index < -0.39 is 0 Å². The van der Waals surface area contributed by atoms with Crippen molar-refractivity contribution < 1.29 is 14.2 Å². The minimum atomic E-state index is 0.534. The summed E-state index contributed by atoms with van der Waals surface area (Å²) in [5.74, 6) is 3.15. The first-order chi connectivity index (χ1) is 12.7. The number of nitrogens with one attached hydrogen (secondary N) is 2. The fraction of sp³-hybridized carbons (Fsp3) is 0.650. The maximum Gasteiger partial charge on any atom is 0.191 e. The Morgan fingerprint density at radius 3 is 2.23 bits per heavy atom. The highest BCUT2D eigenvalue weighted by molar-refractivity contribution is 5.80. The lowest BCUT2D eigenvalue weighted by atomic mass is 9.96. The molecule has 1 fully saturated rings. The number of rotatable bonds is 8. The van der Waals surface area contributed by atoms with Crippen LogP contribution in [0.15, 0.2) is 17.1 Å². The molecule has 1 aliphatic rings. The van der Waals surface area contributed by atoms with Gasteiger partial charge in [-0.25, -0.2) is 0 Å². The molecule has 0 saturated heterocycles. The third-order valence-electron chi connectivity index (χ3n) is 4.74. The van der Waals surface area contributed by atoms with Crippen molar-refractivity contribution in [2.75, 3.05) is 34.4 Å². The van der Waals surface area contributed by atoms with Gasteiger partial charge in [0.15, 0.2) is 5.96 Å². The second-order valence-corrected chi connectivity index (χ2v) is 6.50. The summed E-state index contributed by atoms with van der Waals surface area (Å²) in [6, 6.07) is 4.30. The van der Waals surface area contributed by atoms with E-state index in [2.05, 4.69) is 17.6 Å². The molecule has 2 rings (SSSR count). The first-order valence-corrected chi connectivity index (χ1v) is 9.55. The lowest BCUT2D eigenvalue weighted by Gasteiger charge is -2.25. The minimum Gasteiger partial charge on any atom is -0.496 e. The van der Waals surface area contributed by atoms with Gasteiger partial charge < -0.3 is 24.8 Å². The summed E-state index contributed by atoms with van der Waals surface area (Å²) in [6.45, 7) is 3.60. The van der Waals surface area contributed by atoms with Gasteiger partial charge >= 0.3 is 0 Å². The third-order valence-corrected chi connectivity index (χ3v) is 4.74. The van der Waals surface area contributed by atoms with Crippen LogP contribution in [0, 0.1) is 0 Å². The van der Waals surface area contributed by atoms with Crippen LogP contribution in [0.5, 0.6) is 17.2 Å². The third kappa shape index (κ3) is 5.71. The lowest BCUT2D eigenvalue weighted by molar-refractivity contribution is 0.369. The van der Waals surface area contributed by atoms with E-state index >= 15 is 0 Å². The van der Waals surface area contributed by atoms with Crippen LogP contribution in [0.25, 0.3) is 0 Å². The van der Waals surface area contributed by atoms with E-state index in [1.807, 2.05) is 12.1 Å². The second-order valence-electron chi connectivity index (χ2n) is 6.50. The summed E-state index contributed by atoms with van der Waals surface area (Å²) in [5.41, 5.74) is 1.01. The van der Waals surface area contributed by atoms with Gasteiger partial charge in [-0.05, 0) is 26.2 Å². The van der Waals surface area contributed by atoms with Crippen molar-refractivity contribution in [1.82, 2.24) is 10.6 Å². The normalized spacial score (nSPS) is 15.5. The first kappa shape index (κ1) is 20.2. The average molecular weight is 364 g/mol. The zero-order valence-electron chi connectivity index (χ0n) is 16.6. The molecule has 26 heavy (non-hydrogen) atoms. The van der Waals surface area contributed by atoms with E-state index in [1.54, 1.807) is 21.3 Å². The van der Waals surface area contributed by atoms with Gasteiger partial charge in [0.05, 0.1) is 21.3 Å². The monoisotopic (exact) mass is 363 g/mol. The number of aliphatic imine (C=N–C) groups is 1. The second kappa shape index (κ2) is 10.8. The Bertz CT molecular complexity index is 559. The van der Waals surface area contributed by atoms with E-state index in [9.17, 15) is 0 Å². The van der Waals surface area contributed by atoms with E-state index in [4.69, 9.17) is 19.2 Å². The molecule has 0 radical (unpaired) electrons. The molecule has 0 aliphatic heterocycles. The number of hydrogen-bond acceptors (Lipinski definition) is 4. The molecule has 0 heterocycles. The zero-order valence-corrected chi connectivity index (χ0v) is 16.6. The summed E-state index contributed by atoms with van der Waals surface area (Å²) in [4.78, 5) is 4.75. The fourth-order valence-electron chi connectivity index (χ4n) is 3.36. The van der Waals surface area contributed by atoms with Crippen LogP contribution in [-0.2, 0) is 6.42 Å². The van der Waals surface area contributed by atoms with Crippen molar-refractivity contribution in [2.24, 2.45) is 4.99 Å². The smallest absolute Gasteiger partial charge is 0.191 e.